The molecule has 0 aromatic rings. The molecule has 14 heavy (non-hydrogen) atoms. The van der Waals surface area contributed by atoms with Crippen LogP contribution in [0.3, 0.4) is 0 Å². The summed E-state index contributed by atoms with van der Waals surface area (Å²) >= 11 is 0. The third-order valence-corrected chi connectivity index (χ3v) is 2.62. The second-order valence-electron chi connectivity index (χ2n) is 4.44. The van der Waals surface area contributed by atoms with Crippen molar-refractivity contribution < 1.29 is 4.79 Å². The molecule has 0 radical (unpaired) electrons. The lowest BCUT2D eigenvalue weighted by molar-refractivity contribution is -0.121. The fourth-order valence-electron chi connectivity index (χ4n) is 1.58. The van der Waals surface area contributed by atoms with Gasteiger partial charge in [0.15, 0.2) is 5.78 Å². The van der Waals surface area contributed by atoms with Crippen molar-refractivity contribution in [2.75, 3.05) is 0 Å². The molecular weight excluding hydrogens is 172 g/mol. The van der Waals surface area contributed by atoms with Gasteiger partial charge in [-0.15, -0.1) is 0 Å². The Labute approximate surface area is 86.2 Å². The quantitative estimate of drug-likeness (QED) is 0.610. The molecule has 0 aromatic heterocycles. The van der Waals surface area contributed by atoms with Gasteiger partial charge in [-0.05, 0) is 39.7 Å². The fourth-order valence-corrected chi connectivity index (χ4v) is 1.58. The SMILES string of the molecule is CC(C)=CCC1(C)C=CC=C(C)C1=O. The zero-order valence-electron chi connectivity index (χ0n) is 9.42. The van der Waals surface area contributed by atoms with E-state index in [1.54, 1.807) is 0 Å². The summed E-state index contributed by atoms with van der Waals surface area (Å²) in [6.07, 6.45) is 8.79. The molecular formula is C13H18O. The third kappa shape index (κ3) is 2.22. The summed E-state index contributed by atoms with van der Waals surface area (Å²) in [6.45, 7) is 8.00. The van der Waals surface area contributed by atoms with Crippen LogP contribution in [0.1, 0.15) is 34.1 Å². The highest BCUT2D eigenvalue weighted by Gasteiger charge is 2.31. The predicted octanol–water partition coefficient (Wildman–Crippen LogP) is 3.43. The van der Waals surface area contributed by atoms with Crippen LogP contribution in [0.15, 0.2) is 35.5 Å². The lowest BCUT2D eigenvalue weighted by Crippen LogP contribution is -2.27. The van der Waals surface area contributed by atoms with Gasteiger partial charge in [-0.1, -0.05) is 29.9 Å². The van der Waals surface area contributed by atoms with Crippen molar-refractivity contribution in [1.29, 1.82) is 0 Å². The smallest absolute Gasteiger partial charge is 0.168 e. The van der Waals surface area contributed by atoms with Crippen LogP contribution in [0, 0.1) is 5.41 Å². The number of Topliss-reactive ketones (excluding diaryl/α,β-unsaturated/α-hetero) is 1. The van der Waals surface area contributed by atoms with E-state index in [0.717, 1.165) is 12.0 Å². The van der Waals surface area contributed by atoms with E-state index in [1.807, 2.05) is 32.1 Å². The Balaban J connectivity index is 2.86. The zero-order chi connectivity index (χ0) is 10.8. The molecule has 0 N–H and O–H groups in total. The summed E-state index contributed by atoms with van der Waals surface area (Å²) < 4.78 is 0. The Morgan fingerprint density at radius 2 is 2.14 bits per heavy atom. The Morgan fingerprint density at radius 3 is 2.71 bits per heavy atom. The van der Waals surface area contributed by atoms with Crippen molar-refractivity contribution in [3.63, 3.8) is 0 Å². The summed E-state index contributed by atoms with van der Waals surface area (Å²) in [5.74, 6) is 0.248. The standard InChI is InChI=1S/C13H18O/c1-10(2)7-9-13(4)8-5-6-11(3)12(13)14/h5-8H,9H2,1-4H3. The number of carbonyl (C=O) groups excluding carboxylic acids is 1. The van der Waals surface area contributed by atoms with Gasteiger partial charge in [0.1, 0.15) is 0 Å². The van der Waals surface area contributed by atoms with Gasteiger partial charge in [-0.3, -0.25) is 4.79 Å². The number of hydrogen-bond donors (Lipinski definition) is 0. The van der Waals surface area contributed by atoms with Crippen LogP contribution >= 0.6 is 0 Å². The Kier molecular flexibility index (Phi) is 3.10. The first-order valence-electron chi connectivity index (χ1n) is 5.00. The van der Waals surface area contributed by atoms with Gasteiger partial charge in [0, 0.05) is 0 Å². The first kappa shape index (κ1) is 11.0. The minimum absolute atomic E-state index is 0.248. The van der Waals surface area contributed by atoms with Gasteiger partial charge < -0.3 is 0 Å². The van der Waals surface area contributed by atoms with Crippen molar-refractivity contribution >= 4 is 5.78 Å². The maximum atomic E-state index is 11.9. The summed E-state index contributed by atoms with van der Waals surface area (Å²) in [6, 6.07) is 0. The average molecular weight is 190 g/mol. The maximum absolute atomic E-state index is 11.9. The second-order valence-corrected chi connectivity index (χ2v) is 4.44. The lowest BCUT2D eigenvalue weighted by atomic mass is 9.76. The number of ketones is 1. The molecule has 0 aliphatic heterocycles. The van der Waals surface area contributed by atoms with Gasteiger partial charge in [0.05, 0.1) is 5.41 Å². The van der Waals surface area contributed by atoms with Gasteiger partial charge in [-0.25, -0.2) is 0 Å². The van der Waals surface area contributed by atoms with E-state index in [1.165, 1.54) is 5.57 Å². The van der Waals surface area contributed by atoms with E-state index in [0.29, 0.717) is 0 Å². The zero-order valence-corrected chi connectivity index (χ0v) is 9.42. The largest absolute Gasteiger partial charge is 0.294 e. The van der Waals surface area contributed by atoms with Crippen LogP contribution in [0.25, 0.3) is 0 Å². The van der Waals surface area contributed by atoms with Crippen LogP contribution < -0.4 is 0 Å². The Bertz CT molecular complexity index is 327. The molecule has 0 heterocycles. The van der Waals surface area contributed by atoms with Crippen molar-refractivity contribution in [2.45, 2.75) is 34.1 Å². The number of carbonyl (C=O) groups is 1. The van der Waals surface area contributed by atoms with Crippen LogP contribution in [-0.2, 0) is 4.79 Å². The van der Waals surface area contributed by atoms with Gasteiger partial charge >= 0.3 is 0 Å². The molecule has 1 atom stereocenters. The fraction of sp³-hybridized carbons (Fsp3) is 0.462. The molecule has 0 aromatic carbocycles. The van der Waals surface area contributed by atoms with Crippen LogP contribution in [-0.4, -0.2) is 5.78 Å². The molecule has 1 aliphatic rings. The normalized spacial score (nSPS) is 26.0. The average Bonchev–Trinajstić information content (AvgIpc) is 2.11. The van der Waals surface area contributed by atoms with Crippen molar-refractivity contribution in [3.8, 4) is 0 Å². The molecule has 0 saturated heterocycles. The lowest BCUT2D eigenvalue weighted by Gasteiger charge is -2.25. The van der Waals surface area contributed by atoms with E-state index < -0.39 is 0 Å². The summed E-state index contributed by atoms with van der Waals surface area (Å²) in [5.41, 5.74) is 1.80. The first-order valence-corrected chi connectivity index (χ1v) is 5.00. The highest BCUT2D eigenvalue weighted by molar-refractivity contribution is 6.01. The van der Waals surface area contributed by atoms with E-state index in [4.69, 9.17) is 0 Å². The first-order chi connectivity index (χ1) is 6.46. The van der Waals surface area contributed by atoms with Crippen molar-refractivity contribution in [3.05, 3.63) is 35.5 Å². The monoisotopic (exact) mass is 190 g/mol. The highest BCUT2D eigenvalue weighted by Crippen LogP contribution is 2.31. The Morgan fingerprint density at radius 1 is 1.50 bits per heavy atom. The third-order valence-electron chi connectivity index (χ3n) is 2.62. The molecule has 1 aliphatic carbocycles. The van der Waals surface area contributed by atoms with Crippen molar-refractivity contribution in [2.24, 2.45) is 5.41 Å². The summed E-state index contributed by atoms with van der Waals surface area (Å²) in [7, 11) is 0. The minimum Gasteiger partial charge on any atom is -0.294 e. The molecule has 0 fully saturated rings. The van der Waals surface area contributed by atoms with Crippen molar-refractivity contribution in [1.82, 2.24) is 0 Å². The molecule has 0 bridgehead atoms. The van der Waals surface area contributed by atoms with Crippen LogP contribution in [0.5, 0.6) is 0 Å². The van der Waals surface area contributed by atoms with Gasteiger partial charge in [0.2, 0.25) is 0 Å². The molecule has 1 heteroatoms. The van der Waals surface area contributed by atoms with E-state index in [2.05, 4.69) is 19.9 Å². The topological polar surface area (TPSA) is 17.1 Å². The molecule has 0 saturated carbocycles. The maximum Gasteiger partial charge on any atom is 0.168 e. The van der Waals surface area contributed by atoms with E-state index >= 15 is 0 Å². The summed E-state index contributed by atoms with van der Waals surface area (Å²) in [5, 5.41) is 0. The number of rotatable bonds is 2. The Hall–Kier alpha value is -1.11. The summed E-state index contributed by atoms with van der Waals surface area (Å²) in [4.78, 5) is 11.9. The van der Waals surface area contributed by atoms with E-state index in [9.17, 15) is 4.79 Å². The number of hydrogen-bond acceptors (Lipinski definition) is 1. The molecule has 76 valence electrons. The molecule has 0 spiro atoms. The predicted molar refractivity (Wildman–Crippen MR) is 60.1 cm³/mol. The molecule has 1 rings (SSSR count). The van der Waals surface area contributed by atoms with Gasteiger partial charge in [-0.2, -0.15) is 0 Å². The molecule has 1 nitrogen and oxygen atoms in total. The second kappa shape index (κ2) is 3.95. The number of allylic oxidation sites excluding steroid dienone is 6. The van der Waals surface area contributed by atoms with Crippen LogP contribution in [0.2, 0.25) is 0 Å². The molecule has 1 unspecified atom stereocenters. The molecule has 0 amide bonds. The van der Waals surface area contributed by atoms with Gasteiger partial charge in [0.25, 0.3) is 0 Å². The minimum atomic E-state index is -0.323. The van der Waals surface area contributed by atoms with Crippen LogP contribution in [0.4, 0.5) is 0 Å². The highest BCUT2D eigenvalue weighted by atomic mass is 16.1. The van der Waals surface area contributed by atoms with E-state index in [-0.39, 0.29) is 11.2 Å².